The minimum Gasteiger partial charge on any atom is -0.465 e. The lowest BCUT2D eigenvalue weighted by molar-refractivity contribution is -0.140. The fraction of sp³-hybridized carbons (Fsp3) is 0.200. The van der Waals surface area contributed by atoms with Crippen LogP contribution in [0.1, 0.15) is 19.4 Å². The number of methoxy groups -OCH3 is 1. The molecular formula is C20H16O9. The third-order valence-electron chi connectivity index (χ3n) is 3.87. The summed E-state index contributed by atoms with van der Waals surface area (Å²) in [5, 5.41) is -0.0386. The van der Waals surface area contributed by atoms with Crippen LogP contribution in [0.15, 0.2) is 45.3 Å². The molecule has 1 aromatic heterocycles. The third-order valence-corrected chi connectivity index (χ3v) is 3.87. The highest BCUT2D eigenvalue weighted by molar-refractivity contribution is 6.18. The van der Waals surface area contributed by atoms with Crippen molar-refractivity contribution < 1.29 is 37.7 Å². The van der Waals surface area contributed by atoms with Gasteiger partial charge in [0.1, 0.15) is 35.2 Å². The Bertz CT molecular complexity index is 1130. The maximum Gasteiger partial charge on any atom is 0.338 e. The van der Waals surface area contributed by atoms with Gasteiger partial charge < -0.3 is 23.4 Å². The molecule has 9 heteroatoms. The molecule has 0 unspecified atom stereocenters. The molecule has 1 aliphatic rings. The number of hydrogen-bond donors (Lipinski definition) is 0. The van der Waals surface area contributed by atoms with Gasteiger partial charge in [0.05, 0.1) is 12.7 Å². The van der Waals surface area contributed by atoms with Crippen LogP contribution in [0.3, 0.4) is 0 Å². The molecule has 0 amide bonds. The van der Waals surface area contributed by atoms with Crippen molar-refractivity contribution in [3.63, 3.8) is 0 Å². The summed E-state index contributed by atoms with van der Waals surface area (Å²) in [6.07, 6.45) is 2.50. The molecule has 9 nitrogen and oxygen atoms in total. The average Bonchev–Trinajstić information content (AvgIpc) is 2.85. The van der Waals surface area contributed by atoms with Gasteiger partial charge in [-0.15, -0.1) is 0 Å². The first-order chi connectivity index (χ1) is 13.8. The number of carbonyl (C=O) groups excluding carboxylic acids is 3. The molecule has 1 aliphatic heterocycles. The van der Waals surface area contributed by atoms with Crippen LogP contribution >= 0.6 is 0 Å². The zero-order chi connectivity index (χ0) is 21.1. The molecule has 2 aromatic rings. The maximum absolute atomic E-state index is 13.2. The lowest BCUT2D eigenvalue weighted by atomic mass is 10.0. The summed E-state index contributed by atoms with van der Waals surface area (Å²) in [5.74, 6) is -2.27. The zero-order valence-electron chi connectivity index (χ0n) is 15.8. The predicted molar refractivity (Wildman–Crippen MR) is 99.1 cm³/mol. The van der Waals surface area contributed by atoms with Crippen LogP contribution in [0.2, 0.25) is 0 Å². The van der Waals surface area contributed by atoms with E-state index in [1.807, 2.05) is 0 Å². The van der Waals surface area contributed by atoms with Gasteiger partial charge in [0.15, 0.2) is 0 Å². The molecule has 2 heterocycles. The second-order valence-electron chi connectivity index (χ2n) is 5.96. The van der Waals surface area contributed by atoms with E-state index in [9.17, 15) is 19.2 Å². The lowest BCUT2D eigenvalue weighted by Gasteiger charge is -2.10. The van der Waals surface area contributed by atoms with Gasteiger partial charge in [-0.2, -0.15) is 0 Å². The van der Waals surface area contributed by atoms with E-state index in [4.69, 9.17) is 23.4 Å². The van der Waals surface area contributed by atoms with Gasteiger partial charge in [-0.25, -0.2) is 4.79 Å². The summed E-state index contributed by atoms with van der Waals surface area (Å²) in [6, 6.07) is 4.45. The normalized spacial score (nSPS) is 12.7. The first-order valence-electron chi connectivity index (χ1n) is 8.39. The molecule has 29 heavy (non-hydrogen) atoms. The molecule has 0 saturated heterocycles. The highest BCUT2D eigenvalue weighted by Gasteiger charge is 2.28. The van der Waals surface area contributed by atoms with E-state index in [0.717, 1.165) is 7.11 Å². The number of fused-ring (bicyclic) bond motifs is 2. The van der Waals surface area contributed by atoms with E-state index >= 15 is 0 Å². The van der Waals surface area contributed by atoms with Crippen LogP contribution < -0.4 is 14.9 Å². The van der Waals surface area contributed by atoms with Crippen LogP contribution in [-0.4, -0.2) is 31.6 Å². The Labute approximate surface area is 164 Å². The van der Waals surface area contributed by atoms with Gasteiger partial charge >= 0.3 is 23.9 Å². The Morgan fingerprint density at radius 1 is 1.10 bits per heavy atom. The Balaban J connectivity index is 2.25. The molecule has 0 fully saturated rings. The van der Waals surface area contributed by atoms with Crippen molar-refractivity contribution in [2.75, 3.05) is 13.7 Å². The summed E-state index contributed by atoms with van der Waals surface area (Å²) in [6.45, 7) is 2.22. The van der Waals surface area contributed by atoms with Crippen molar-refractivity contribution >= 4 is 34.5 Å². The molecule has 0 bridgehead atoms. The molecule has 0 N–H and O–H groups in total. The van der Waals surface area contributed by atoms with Gasteiger partial charge in [0, 0.05) is 19.4 Å². The SMILES string of the molecule is COC(=O)C1=CC(COC(C)=O)=COc2oc3cccc(OC(C)=O)c3c(=O)c21. The largest absolute Gasteiger partial charge is 0.465 e. The van der Waals surface area contributed by atoms with Crippen molar-refractivity contribution in [3.8, 4) is 11.7 Å². The topological polar surface area (TPSA) is 118 Å². The smallest absolute Gasteiger partial charge is 0.338 e. The number of hydrogen-bond acceptors (Lipinski definition) is 9. The van der Waals surface area contributed by atoms with Crippen molar-refractivity contribution in [2.45, 2.75) is 13.8 Å². The van der Waals surface area contributed by atoms with Gasteiger partial charge in [0.25, 0.3) is 0 Å². The fourth-order valence-electron chi connectivity index (χ4n) is 2.70. The van der Waals surface area contributed by atoms with Crippen molar-refractivity contribution in [1.82, 2.24) is 0 Å². The highest BCUT2D eigenvalue weighted by Crippen LogP contribution is 2.34. The number of rotatable bonds is 4. The first-order valence-corrected chi connectivity index (χ1v) is 8.39. The summed E-state index contributed by atoms with van der Waals surface area (Å²) in [4.78, 5) is 48.1. The Kier molecular flexibility index (Phi) is 5.49. The minimum atomic E-state index is -0.831. The van der Waals surface area contributed by atoms with Crippen LogP contribution in [0.25, 0.3) is 16.5 Å². The van der Waals surface area contributed by atoms with Crippen molar-refractivity contribution in [2.24, 2.45) is 0 Å². The van der Waals surface area contributed by atoms with Crippen LogP contribution in [0.4, 0.5) is 0 Å². The molecule has 3 rings (SSSR count). The standard InChI is InChI=1S/C20H16O9/c1-10(21)26-8-12-7-13(19(24)25-3)16-18(23)17-14(28-11(2)22)5-4-6-15(17)29-20(16)27-9-12/h4-7,9H,8H2,1-3H3. The Hall–Kier alpha value is -3.88. The number of esters is 3. The van der Waals surface area contributed by atoms with E-state index < -0.39 is 23.3 Å². The fourth-order valence-corrected chi connectivity index (χ4v) is 2.70. The predicted octanol–water partition coefficient (Wildman–Crippen LogP) is 2.11. The van der Waals surface area contributed by atoms with Crippen LogP contribution in [0, 0.1) is 0 Å². The molecule has 0 radical (unpaired) electrons. The molecular weight excluding hydrogens is 384 g/mol. The van der Waals surface area contributed by atoms with Crippen LogP contribution in [0.5, 0.6) is 11.7 Å². The molecule has 0 saturated carbocycles. The minimum absolute atomic E-state index is 0.0203. The Morgan fingerprint density at radius 3 is 2.52 bits per heavy atom. The maximum atomic E-state index is 13.2. The number of ether oxygens (including phenoxy) is 4. The lowest BCUT2D eigenvalue weighted by Crippen LogP contribution is -2.16. The summed E-state index contributed by atoms with van der Waals surface area (Å²) in [7, 11) is 1.15. The second-order valence-corrected chi connectivity index (χ2v) is 5.96. The molecule has 150 valence electrons. The third kappa shape index (κ3) is 4.03. The van der Waals surface area contributed by atoms with E-state index in [2.05, 4.69) is 0 Å². The average molecular weight is 400 g/mol. The van der Waals surface area contributed by atoms with Crippen LogP contribution in [-0.2, 0) is 23.9 Å². The summed E-state index contributed by atoms with van der Waals surface area (Å²) < 4.78 is 25.9. The van der Waals surface area contributed by atoms with Gasteiger partial charge in [0.2, 0.25) is 5.43 Å². The first kappa shape index (κ1) is 19.9. The van der Waals surface area contributed by atoms with E-state index in [1.54, 1.807) is 0 Å². The van der Waals surface area contributed by atoms with Gasteiger partial charge in [-0.3, -0.25) is 14.4 Å². The van der Waals surface area contributed by atoms with Crippen molar-refractivity contribution in [3.05, 3.63) is 51.9 Å². The van der Waals surface area contributed by atoms with Crippen molar-refractivity contribution in [1.29, 1.82) is 0 Å². The van der Waals surface area contributed by atoms with Gasteiger partial charge in [-0.05, 0) is 18.2 Å². The van der Waals surface area contributed by atoms with E-state index in [-0.39, 0.29) is 46.0 Å². The quantitative estimate of drug-likeness (QED) is 0.561. The second kappa shape index (κ2) is 8.01. The summed E-state index contributed by atoms with van der Waals surface area (Å²) >= 11 is 0. The van der Waals surface area contributed by atoms with E-state index in [1.165, 1.54) is 44.4 Å². The molecule has 1 aromatic carbocycles. The van der Waals surface area contributed by atoms with Gasteiger partial charge in [-0.1, -0.05) is 6.07 Å². The highest BCUT2D eigenvalue weighted by atomic mass is 16.6. The monoisotopic (exact) mass is 400 g/mol. The molecule has 0 aliphatic carbocycles. The number of benzene rings is 1. The Morgan fingerprint density at radius 2 is 1.86 bits per heavy atom. The zero-order valence-corrected chi connectivity index (χ0v) is 15.8. The summed E-state index contributed by atoms with van der Waals surface area (Å²) in [5.41, 5.74) is -0.647. The molecule has 0 spiro atoms. The molecule has 0 atom stereocenters. The van der Waals surface area contributed by atoms with E-state index in [0.29, 0.717) is 0 Å². The number of carbonyl (C=O) groups is 3.